The van der Waals surface area contributed by atoms with Gasteiger partial charge in [0.2, 0.25) is 0 Å². The Hall–Kier alpha value is -2.21. The van der Waals surface area contributed by atoms with E-state index in [-0.39, 0.29) is 28.8 Å². The van der Waals surface area contributed by atoms with Crippen molar-refractivity contribution < 1.29 is 35.9 Å². The van der Waals surface area contributed by atoms with E-state index >= 15 is 0 Å². The molecule has 126 valence electrons. The Morgan fingerprint density at radius 1 is 1.00 bits per heavy atom. The monoisotopic (exact) mass is 360 g/mol. The second kappa shape index (κ2) is 11.4. The van der Waals surface area contributed by atoms with E-state index in [1.807, 2.05) is 0 Å². The van der Waals surface area contributed by atoms with Gasteiger partial charge in [-0.3, -0.25) is 15.3 Å². The van der Waals surface area contributed by atoms with Crippen LogP contribution in [-0.2, 0) is 16.5 Å². The molecule has 2 rings (SSSR count). The smallest absolute Gasteiger partial charge is 0.160 e. The number of hydrogen-bond donors (Lipinski definition) is 3. The summed E-state index contributed by atoms with van der Waals surface area (Å²) >= 11 is 0. The van der Waals surface area contributed by atoms with Gasteiger partial charge in [-0.25, -0.2) is 0 Å². The van der Waals surface area contributed by atoms with E-state index < -0.39 is 6.23 Å². The molecular weight excluding hydrogens is 343 g/mol. The first-order valence-corrected chi connectivity index (χ1v) is 6.52. The first kappa shape index (κ1) is 20.8. The number of carbonyl (C=O) groups excluding carboxylic acids is 2. The van der Waals surface area contributed by atoms with Gasteiger partial charge >= 0.3 is 0 Å². The summed E-state index contributed by atoms with van der Waals surface area (Å²) in [5.74, 6) is 0.503. The van der Waals surface area contributed by atoms with E-state index in [0.717, 1.165) is 6.29 Å². The molecule has 1 unspecified atom stereocenters. The van der Waals surface area contributed by atoms with Gasteiger partial charge in [-0.05, 0) is 24.3 Å². The SMILES string of the molecule is NCC(N)Oc1ccccc1C=O.O=Cc1ccccc1O.[Ni]. The molecule has 0 aromatic heterocycles. The maximum Gasteiger partial charge on any atom is 0.160 e. The fraction of sp³-hybridized carbons (Fsp3) is 0.125. The van der Waals surface area contributed by atoms with Crippen molar-refractivity contribution in [3.63, 3.8) is 0 Å². The number of aromatic hydroxyl groups is 1. The summed E-state index contributed by atoms with van der Waals surface area (Å²) in [6.07, 6.45) is 0.773. The van der Waals surface area contributed by atoms with E-state index in [9.17, 15) is 9.59 Å². The van der Waals surface area contributed by atoms with Crippen molar-refractivity contribution in [3.05, 3.63) is 59.7 Å². The molecule has 0 fully saturated rings. The molecule has 2 aromatic rings. The standard InChI is InChI=1S/C9H12N2O2.C7H6O2.Ni/c10-5-9(11)13-8-4-2-1-3-7(8)6-12;8-5-6-3-1-2-4-7(6)9;/h1-4,6,9H,5,10-11H2;1-5,9H;. The van der Waals surface area contributed by atoms with Crippen LogP contribution >= 0.6 is 0 Å². The maximum atomic E-state index is 10.5. The topological polar surface area (TPSA) is 116 Å². The van der Waals surface area contributed by atoms with E-state index in [4.69, 9.17) is 21.3 Å². The van der Waals surface area contributed by atoms with Gasteiger partial charge in [0.05, 0.1) is 11.1 Å². The minimum absolute atomic E-state index is 0. The second-order valence-corrected chi connectivity index (χ2v) is 4.22. The van der Waals surface area contributed by atoms with Gasteiger partial charge in [0.1, 0.15) is 11.5 Å². The van der Waals surface area contributed by atoms with Gasteiger partial charge < -0.3 is 15.6 Å². The molecule has 0 radical (unpaired) electrons. The molecule has 0 spiro atoms. The Morgan fingerprint density at radius 2 is 1.52 bits per heavy atom. The molecule has 0 heterocycles. The Bertz CT molecular complexity index is 623. The molecule has 0 saturated heterocycles. The van der Waals surface area contributed by atoms with E-state index in [1.54, 1.807) is 42.5 Å². The van der Waals surface area contributed by atoms with Gasteiger partial charge in [0.25, 0.3) is 0 Å². The van der Waals surface area contributed by atoms with Crippen molar-refractivity contribution in [2.75, 3.05) is 6.54 Å². The molecule has 0 bridgehead atoms. The van der Waals surface area contributed by atoms with Crippen LogP contribution in [0, 0.1) is 0 Å². The minimum atomic E-state index is -0.568. The number of para-hydroxylation sites is 2. The quantitative estimate of drug-likeness (QED) is 0.420. The number of phenolic OH excluding ortho intramolecular Hbond substituents is 1. The van der Waals surface area contributed by atoms with Crippen molar-refractivity contribution in [3.8, 4) is 11.5 Å². The molecule has 0 saturated carbocycles. The van der Waals surface area contributed by atoms with Crippen LogP contribution in [0.2, 0.25) is 0 Å². The van der Waals surface area contributed by atoms with Crippen LogP contribution in [0.4, 0.5) is 0 Å². The van der Waals surface area contributed by atoms with Crippen LogP contribution in [0.25, 0.3) is 0 Å². The molecule has 2 aromatic carbocycles. The van der Waals surface area contributed by atoms with Crippen LogP contribution in [0.3, 0.4) is 0 Å². The Kier molecular flexibility index (Phi) is 10.3. The fourth-order valence-electron chi connectivity index (χ4n) is 1.48. The van der Waals surface area contributed by atoms with Crippen LogP contribution < -0.4 is 16.2 Å². The van der Waals surface area contributed by atoms with Gasteiger partial charge in [0.15, 0.2) is 18.8 Å². The third-order valence-electron chi connectivity index (χ3n) is 2.62. The molecule has 0 aliphatic rings. The molecule has 23 heavy (non-hydrogen) atoms. The Labute approximate surface area is 144 Å². The minimum Gasteiger partial charge on any atom is -0.507 e. The first-order valence-electron chi connectivity index (χ1n) is 6.52. The number of benzene rings is 2. The summed E-state index contributed by atoms with van der Waals surface area (Å²) in [5, 5.41) is 8.88. The fourth-order valence-corrected chi connectivity index (χ4v) is 1.48. The first-order chi connectivity index (χ1) is 10.6. The third-order valence-corrected chi connectivity index (χ3v) is 2.62. The number of aldehydes is 2. The second-order valence-electron chi connectivity index (χ2n) is 4.22. The maximum absolute atomic E-state index is 10.5. The summed E-state index contributed by atoms with van der Waals surface area (Å²) < 4.78 is 5.21. The summed E-state index contributed by atoms with van der Waals surface area (Å²) in [4.78, 5) is 20.6. The van der Waals surface area contributed by atoms with Crippen molar-refractivity contribution in [1.29, 1.82) is 0 Å². The van der Waals surface area contributed by atoms with Crippen molar-refractivity contribution >= 4 is 12.6 Å². The van der Waals surface area contributed by atoms with E-state index in [2.05, 4.69) is 0 Å². The normalized spacial score (nSPS) is 10.3. The number of hydrogen-bond acceptors (Lipinski definition) is 6. The Morgan fingerprint density at radius 3 is 2.00 bits per heavy atom. The molecule has 6 nitrogen and oxygen atoms in total. The Balaban J connectivity index is 0.000000427. The van der Waals surface area contributed by atoms with Crippen LogP contribution in [0.1, 0.15) is 20.7 Å². The van der Waals surface area contributed by atoms with Crippen LogP contribution in [0.5, 0.6) is 11.5 Å². The third kappa shape index (κ3) is 7.06. The van der Waals surface area contributed by atoms with Gasteiger partial charge in [-0.15, -0.1) is 0 Å². The van der Waals surface area contributed by atoms with Crippen molar-refractivity contribution in [2.24, 2.45) is 11.5 Å². The number of nitrogens with two attached hydrogens (primary N) is 2. The molecule has 7 heteroatoms. The molecule has 0 aliphatic carbocycles. The van der Waals surface area contributed by atoms with Crippen molar-refractivity contribution in [2.45, 2.75) is 6.23 Å². The van der Waals surface area contributed by atoms with Crippen molar-refractivity contribution in [1.82, 2.24) is 0 Å². The predicted octanol–water partition coefficient (Wildman–Crippen LogP) is 1.32. The predicted molar refractivity (Wildman–Crippen MR) is 83.0 cm³/mol. The van der Waals surface area contributed by atoms with Gasteiger partial charge in [-0.1, -0.05) is 24.3 Å². The molecule has 0 aliphatic heterocycles. The number of phenols is 1. The zero-order valence-corrected chi connectivity index (χ0v) is 13.2. The molecule has 0 amide bonds. The van der Waals surface area contributed by atoms with E-state index in [0.29, 0.717) is 23.2 Å². The molecule has 5 N–H and O–H groups in total. The summed E-state index contributed by atoms with van der Waals surface area (Å²) in [7, 11) is 0. The summed E-state index contributed by atoms with van der Waals surface area (Å²) in [6, 6.07) is 13.3. The molecule has 1 atom stereocenters. The summed E-state index contributed by atoms with van der Waals surface area (Å²) in [6.45, 7) is 0.215. The average Bonchev–Trinajstić information content (AvgIpc) is 2.56. The van der Waals surface area contributed by atoms with Gasteiger partial charge in [0, 0.05) is 23.0 Å². The van der Waals surface area contributed by atoms with Gasteiger partial charge in [-0.2, -0.15) is 0 Å². The number of ether oxygens (including phenoxy) is 1. The number of rotatable bonds is 5. The largest absolute Gasteiger partial charge is 0.507 e. The summed E-state index contributed by atoms with van der Waals surface area (Å²) in [5.41, 5.74) is 11.5. The van der Waals surface area contributed by atoms with Crippen LogP contribution in [0.15, 0.2) is 48.5 Å². The zero-order valence-electron chi connectivity index (χ0n) is 12.2. The zero-order chi connectivity index (χ0) is 16.4. The van der Waals surface area contributed by atoms with Crippen LogP contribution in [-0.4, -0.2) is 30.5 Å². The average molecular weight is 361 g/mol. The number of carbonyl (C=O) groups is 2. The van der Waals surface area contributed by atoms with E-state index in [1.165, 1.54) is 6.07 Å². The molecular formula is C16H18N2NiO4.